The smallest absolute Gasteiger partial charge is 0.454 e. The van der Waals surface area contributed by atoms with Crippen LogP contribution in [0.25, 0.3) is 0 Å². The highest BCUT2D eigenvalue weighted by molar-refractivity contribution is 6.62. The summed E-state index contributed by atoms with van der Waals surface area (Å²) in [6.45, 7) is 12.0. The average Bonchev–Trinajstić information content (AvgIpc) is 2.72. The third kappa shape index (κ3) is 3.54. The van der Waals surface area contributed by atoms with Gasteiger partial charge in [0, 0.05) is 5.69 Å². The standard InChI is InChI=1S/C19H23BClNO3/c1-12-7-9-16(13(2)22-12)23-17-10-8-14(11-15(17)21)20-24-18(3,4)19(5,6)25-20/h7-11H,1-6H3. The predicted molar refractivity (Wildman–Crippen MR) is 101 cm³/mol. The number of ether oxygens (including phenoxy) is 1. The van der Waals surface area contributed by atoms with Crippen molar-refractivity contribution in [2.45, 2.75) is 52.7 Å². The summed E-state index contributed by atoms with van der Waals surface area (Å²) in [5.41, 5.74) is 1.88. The lowest BCUT2D eigenvalue weighted by atomic mass is 9.79. The van der Waals surface area contributed by atoms with Gasteiger partial charge in [-0.05, 0) is 71.3 Å². The van der Waals surface area contributed by atoms with E-state index in [1.165, 1.54) is 0 Å². The summed E-state index contributed by atoms with van der Waals surface area (Å²) < 4.78 is 18.0. The maximum absolute atomic E-state index is 6.43. The topological polar surface area (TPSA) is 40.6 Å². The second-order valence-electron chi connectivity index (χ2n) is 7.42. The molecule has 132 valence electrons. The lowest BCUT2D eigenvalue weighted by Gasteiger charge is -2.32. The molecule has 4 nitrogen and oxygen atoms in total. The molecule has 0 N–H and O–H groups in total. The Morgan fingerprint density at radius 1 is 0.960 bits per heavy atom. The van der Waals surface area contributed by atoms with E-state index in [4.69, 9.17) is 25.6 Å². The fraction of sp³-hybridized carbons (Fsp3) is 0.421. The molecule has 1 aromatic heterocycles. The van der Waals surface area contributed by atoms with E-state index in [2.05, 4.69) is 4.98 Å². The molecule has 2 heterocycles. The number of hydrogen-bond acceptors (Lipinski definition) is 4. The molecule has 25 heavy (non-hydrogen) atoms. The molecule has 0 spiro atoms. The molecular weight excluding hydrogens is 336 g/mol. The van der Waals surface area contributed by atoms with Crippen LogP contribution in [-0.2, 0) is 9.31 Å². The Hall–Kier alpha value is -1.56. The molecule has 6 heteroatoms. The summed E-state index contributed by atoms with van der Waals surface area (Å²) in [6, 6.07) is 9.39. The van der Waals surface area contributed by atoms with Gasteiger partial charge in [-0.2, -0.15) is 0 Å². The van der Waals surface area contributed by atoms with Gasteiger partial charge < -0.3 is 14.0 Å². The minimum Gasteiger partial charge on any atom is -0.454 e. The lowest BCUT2D eigenvalue weighted by Crippen LogP contribution is -2.41. The van der Waals surface area contributed by atoms with Crippen LogP contribution in [0.2, 0.25) is 5.02 Å². The molecular formula is C19H23BClNO3. The molecule has 3 rings (SSSR count). The van der Waals surface area contributed by atoms with Gasteiger partial charge in [0.2, 0.25) is 0 Å². The van der Waals surface area contributed by atoms with Crippen LogP contribution in [0.4, 0.5) is 0 Å². The normalized spacial score (nSPS) is 18.4. The Morgan fingerprint density at radius 2 is 1.56 bits per heavy atom. The molecule has 0 saturated carbocycles. The highest BCUT2D eigenvalue weighted by atomic mass is 35.5. The largest absolute Gasteiger partial charge is 0.494 e. The van der Waals surface area contributed by atoms with E-state index in [0.717, 1.165) is 16.9 Å². The van der Waals surface area contributed by atoms with Crippen molar-refractivity contribution in [3.63, 3.8) is 0 Å². The van der Waals surface area contributed by atoms with Crippen LogP contribution >= 0.6 is 11.6 Å². The number of nitrogens with zero attached hydrogens (tertiary/aromatic N) is 1. The SMILES string of the molecule is Cc1ccc(Oc2ccc(B3OC(C)(C)C(C)(C)O3)cc2Cl)c(C)n1. The number of aromatic nitrogens is 1. The molecule has 0 bridgehead atoms. The first-order valence-electron chi connectivity index (χ1n) is 8.36. The number of benzene rings is 1. The van der Waals surface area contributed by atoms with E-state index in [1.807, 2.05) is 71.9 Å². The third-order valence-corrected chi connectivity index (χ3v) is 5.17. The Labute approximate surface area is 154 Å². The Kier molecular flexibility index (Phi) is 4.60. The van der Waals surface area contributed by atoms with E-state index in [1.54, 1.807) is 0 Å². The van der Waals surface area contributed by atoms with Crippen molar-refractivity contribution in [1.82, 2.24) is 4.98 Å². The van der Waals surface area contributed by atoms with E-state index in [9.17, 15) is 0 Å². The molecule has 0 amide bonds. The molecule has 1 aliphatic rings. The monoisotopic (exact) mass is 359 g/mol. The van der Waals surface area contributed by atoms with Crippen molar-refractivity contribution in [3.05, 3.63) is 46.7 Å². The fourth-order valence-electron chi connectivity index (χ4n) is 2.63. The average molecular weight is 360 g/mol. The first-order valence-corrected chi connectivity index (χ1v) is 8.74. The molecule has 1 fully saturated rings. The quantitative estimate of drug-likeness (QED) is 0.760. The molecule has 0 unspecified atom stereocenters. The van der Waals surface area contributed by atoms with Gasteiger partial charge in [0.15, 0.2) is 0 Å². The maximum atomic E-state index is 6.43. The van der Waals surface area contributed by atoms with Crippen molar-refractivity contribution in [2.75, 3.05) is 0 Å². The van der Waals surface area contributed by atoms with Crippen molar-refractivity contribution >= 4 is 24.2 Å². The van der Waals surface area contributed by atoms with Crippen LogP contribution in [0.5, 0.6) is 11.5 Å². The summed E-state index contributed by atoms with van der Waals surface area (Å²) in [6.07, 6.45) is 0. The highest BCUT2D eigenvalue weighted by Crippen LogP contribution is 2.37. The molecule has 1 aliphatic heterocycles. The first kappa shape index (κ1) is 18.2. The van der Waals surface area contributed by atoms with Gasteiger partial charge in [-0.25, -0.2) is 0 Å². The van der Waals surface area contributed by atoms with Crippen LogP contribution in [0.15, 0.2) is 30.3 Å². The molecule has 2 aromatic rings. The maximum Gasteiger partial charge on any atom is 0.494 e. The van der Waals surface area contributed by atoms with Gasteiger partial charge in [-0.3, -0.25) is 4.98 Å². The molecule has 0 atom stereocenters. The number of rotatable bonds is 3. The lowest BCUT2D eigenvalue weighted by molar-refractivity contribution is 0.00578. The number of pyridine rings is 1. The minimum atomic E-state index is -0.445. The molecule has 0 radical (unpaired) electrons. The van der Waals surface area contributed by atoms with Crippen molar-refractivity contribution < 1.29 is 14.0 Å². The van der Waals surface area contributed by atoms with E-state index < -0.39 is 7.12 Å². The van der Waals surface area contributed by atoms with Gasteiger partial charge in [0.1, 0.15) is 11.5 Å². The summed E-state index contributed by atoms with van der Waals surface area (Å²) in [5, 5.41) is 0.507. The Bertz CT molecular complexity index is 791. The Balaban J connectivity index is 1.82. The second-order valence-corrected chi connectivity index (χ2v) is 7.82. The van der Waals surface area contributed by atoms with Gasteiger partial charge in [-0.1, -0.05) is 17.7 Å². The van der Waals surface area contributed by atoms with Crippen molar-refractivity contribution in [3.8, 4) is 11.5 Å². The van der Waals surface area contributed by atoms with E-state index in [0.29, 0.717) is 16.5 Å². The van der Waals surface area contributed by atoms with Gasteiger partial charge >= 0.3 is 7.12 Å². The van der Waals surface area contributed by atoms with Gasteiger partial charge in [0.25, 0.3) is 0 Å². The number of halogens is 1. The molecule has 0 aliphatic carbocycles. The number of aryl methyl sites for hydroxylation is 2. The van der Waals surface area contributed by atoms with Crippen LogP contribution in [-0.4, -0.2) is 23.3 Å². The summed E-state index contributed by atoms with van der Waals surface area (Å²) in [5.74, 6) is 1.27. The fourth-order valence-corrected chi connectivity index (χ4v) is 2.85. The highest BCUT2D eigenvalue weighted by Gasteiger charge is 2.51. The van der Waals surface area contributed by atoms with Crippen molar-refractivity contribution in [1.29, 1.82) is 0 Å². The van der Waals surface area contributed by atoms with Crippen LogP contribution in [0.3, 0.4) is 0 Å². The summed E-state index contributed by atoms with van der Waals surface area (Å²) in [7, 11) is -0.445. The minimum absolute atomic E-state index is 0.385. The summed E-state index contributed by atoms with van der Waals surface area (Å²) >= 11 is 6.43. The van der Waals surface area contributed by atoms with Crippen LogP contribution < -0.4 is 10.2 Å². The Morgan fingerprint density at radius 3 is 2.12 bits per heavy atom. The van der Waals surface area contributed by atoms with E-state index >= 15 is 0 Å². The van der Waals surface area contributed by atoms with Crippen LogP contribution in [0, 0.1) is 13.8 Å². The van der Waals surface area contributed by atoms with Crippen molar-refractivity contribution in [2.24, 2.45) is 0 Å². The first-order chi connectivity index (χ1) is 11.6. The van der Waals surface area contributed by atoms with Gasteiger partial charge in [0.05, 0.1) is 21.9 Å². The summed E-state index contributed by atoms with van der Waals surface area (Å²) in [4.78, 5) is 4.40. The predicted octanol–water partition coefficient (Wildman–Crippen LogP) is 4.44. The van der Waals surface area contributed by atoms with Gasteiger partial charge in [-0.15, -0.1) is 0 Å². The zero-order valence-corrected chi connectivity index (χ0v) is 16.3. The number of hydrogen-bond donors (Lipinski definition) is 0. The zero-order chi connectivity index (χ0) is 18.4. The third-order valence-electron chi connectivity index (χ3n) is 4.88. The second kappa shape index (κ2) is 6.31. The molecule has 1 saturated heterocycles. The van der Waals surface area contributed by atoms with Crippen LogP contribution in [0.1, 0.15) is 39.1 Å². The molecule has 1 aromatic carbocycles. The van der Waals surface area contributed by atoms with E-state index in [-0.39, 0.29) is 11.2 Å². The zero-order valence-electron chi connectivity index (χ0n) is 15.5.